The van der Waals surface area contributed by atoms with Crippen LogP contribution in [0.4, 0.5) is 0 Å². The molecular formula is C14H24IN3S. The number of rotatable bonds is 6. The van der Waals surface area contributed by atoms with Crippen molar-refractivity contribution in [1.82, 2.24) is 10.6 Å². The molecule has 0 aliphatic rings. The molecule has 0 fully saturated rings. The van der Waals surface area contributed by atoms with E-state index in [1.54, 1.807) is 0 Å². The van der Waals surface area contributed by atoms with Gasteiger partial charge >= 0.3 is 0 Å². The number of nitrogens with one attached hydrogen (secondary N) is 2. The van der Waals surface area contributed by atoms with E-state index in [9.17, 15) is 0 Å². The van der Waals surface area contributed by atoms with Crippen molar-refractivity contribution >= 4 is 41.7 Å². The van der Waals surface area contributed by atoms with Crippen molar-refractivity contribution < 1.29 is 0 Å². The van der Waals surface area contributed by atoms with Crippen molar-refractivity contribution in [3.05, 3.63) is 35.9 Å². The molecule has 1 aromatic carbocycles. The third kappa shape index (κ3) is 8.36. The van der Waals surface area contributed by atoms with E-state index < -0.39 is 0 Å². The molecule has 0 saturated carbocycles. The van der Waals surface area contributed by atoms with Crippen molar-refractivity contribution in [2.24, 2.45) is 4.99 Å². The fourth-order valence-corrected chi connectivity index (χ4v) is 1.67. The van der Waals surface area contributed by atoms with Gasteiger partial charge in [0.15, 0.2) is 5.96 Å². The van der Waals surface area contributed by atoms with Gasteiger partial charge in [-0.25, -0.2) is 4.99 Å². The minimum Gasteiger partial charge on any atom is -0.357 e. The second-order valence-corrected chi connectivity index (χ2v) is 5.38. The summed E-state index contributed by atoms with van der Waals surface area (Å²) in [5.74, 6) is 0.891. The standard InChI is InChI=1S/C14H23N3S.HI/c1-4-15-14(16-10-12(2)18-3)17-11-13-8-6-5-7-9-13;/h5-9,12H,4,10-11H2,1-3H3,(H2,15,16,17);1H. The Morgan fingerprint density at radius 3 is 2.53 bits per heavy atom. The fourth-order valence-electron chi connectivity index (χ4n) is 1.42. The summed E-state index contributed by atoms with van der Waals surface area (Å²) < 4.78 is 0. The number of halogens is 1. The average Bonchev–Trinajstić information content (AvgIpc) is 2.42. The van der Waals surface area contributed by atoms with Gasteiger partial charge in [-0.3, -0.25) is 0 Å². The van der Waals surface area contributed by atoms with Gasteiger partial charge in [-0.05, 0) is 18.7 Å². The Bertz CT molecular complexity index is 357. The predicted molar refractivity (Wildman–Crippen MR) is 97.7 cm³/mol. The SMILES string of the molecule is CCNC(=NCc1ccccc1)NCC(C)SC.I. The van der Waals surface area contributed by atoms with Gasteiger partial charge in [0, 0.05) is 18.3 Å². The van der Waals surface area contributed by atoms with Crippen molar-refractivity contribution in [2.45, 2.75) is 25.6 Å². The molecule has 3 nitrogen and oxygen atoms in total. The van der Waals surface area contributed by atoms with Gasteiger partial charge in [0.1, 0.15) is 0 Å². The summed E-state index contributed by atoms with van der Waals surface area (Å²) in [5.41, 5.74) is 1.23. The number of hydrogen-bond donors (Lipinski definition) is 2. The van der Waals surface area contributed by atoms with Crippen molar-refractivity contribution in [1.29, 1.82) is 0 Å². The maximum atomic E-state index is 4.58. The van der Waals surface area contributed by atoms with Crippen LogP contribution in [0.3, 0.4) is 0 Å². The van der Waals surface area contributed by atoms with Crippen LogP contribution in [-0.4, -0.2) is 30.6 Å². The largest absolute Gasteiger partial charge is 0.357 e. The predicted octanol–water partition coefficient (Wildman–Crippen LogP) is 3.11. The summed E-state index contributed by atoms with van der Waals surface area (Å²) in [6, 6.07) is 10.3. The van der Waals surface area contributed by atoms with Crippen LogP contribution in [0.1, 0.15) is 19.4 Å². The number of nitrogens with zero attached hydrogens (tertiary/aromatic N) is 1. The van der Waals surface area contributed by atoms with Crippen LogP contribution in [0.2, 0.25) is 0 Å². The Balaban J connectivity index is 0.00000324. The maximum absolute atomic E-state index is 4.58. The van der Waals surface area contributed by atoms with E-state index in [0.29, 0.717) is 11.8 Å². The molecule has 0 spiro atoms. The van der Waals surface area contributed by atoms with Crippen LogP contribution >= 0.6 is 35.7 Å². The van der Waals surface area contributed by atoms with Gasteiger partial charge in [0.05, 0.1) is 6.54 Å². The van der Waals surface area contributed by atoms with Crippen LogP contribution in [0.25, 0.3) is 0 Å². The van der Waals surface area contributed by atoms with E-state index in [0.717, 1.165) is 19.0 Å². The quantitative estimate of drug-likeness (QED) is 0.443. The first kappa shape index (κ1) is 18.6. The Morgan fingerprint density at radius 1 is 1.26 bits per heavy atom. The summed E-state index contributed by atoms with van der Waals surface area (Å²) in [5, 5.41) is 7.21. The fraction of sp³-hybridized carbons (Fsp3) is 0.500. The molecule has 0 heterocycles. The summed E-state index contributed by atoms with van der Waals surface area (Å²) in [6.45, 7) is 6.82. The molecule has 1 rings (SSSR count). The lowest BCUT2D eigenvalue weighted by Crippen LogP contribution is -2.40. The Labute approximate surface area is 138 Å². The van der Waals surface area contributed by atoms with Gasteiger partial charge in [0.25, 0.3) is 0 Å². The molecule has 0 saturated heterocycles. The van der Waals surface area contributed by atoms with Crippen molar-refractivity contribution in [3.8, 4) is 0 Å². The Morgan fingerprint density at radius 2 is 1.95 bits per heavy atom. The van der Waals surface area contributed by atoms with E-state index >= 15 is 0 Å². The second-order valence-electron chi connectivity index (χ2n) is 4.11. The van der Waals surface area contributed by atoms with Crippen LogP contribution in [-0.2, 0) is 6.54 Å². The van der Waals surface area contributed by atoms with Crippen LogP contribution in [0.5, 0.6) is 0 Å². The van der Waals surface area contributed by atoms with Gasteiger partial charge in [-0.1, -0.05) is 37.3 Å². The number of guanidine groups is 1. The first-order valence-corrected chi connectivity index (χ1v) is 7.64. The highest BCUT2D eigenvalue weighted by Gasteiger charge is 2.01. The molecule has 5 heteroatoms. The molecule has 1 unspecified atom stereocenters. The average molecular weight is 393 g/mol. The van der Waals surface area contributed by atoms with Crippen LogP contribution < -0.4 is 10.6 Å². The Kier molecular flexibility index (Phi) is 11.1. The zero-order valence-corrected chi connectivity index (χ0v) is 15.0. The van der Waals surface area contributed by atoms with Gasteiger partial charge < -0.3 is 10.6 Å². The van der Waals surface area contributed by atoms with Gasteiger partial charge in [-0.15, -0.1) is 24.0 Å². The molecule has 0 aromatic heterocycles. The number of thioether (sulfide) groups is 1. The summed E-state index contributed by atoms with van der Waals surface area (Å²) in [4.78, 5) is 4.58. The van der Waals surface area contributed by atoms with Crippen LogP contribution in [0, 0.1) is 0 Å². The zero-order chi connectivity index (χ0) is 13.2. The first-order valence-electron chi connectivity index (χ1n) is 6.35. The highest BCUT2D eigenvalue weighted by atomic mass is 127. The highest BCUT2D eigenvalue weighted by Crippen LogP contribution is 2.03. The molecule has 19 heavy (non-hydrogen) atoms. The zero-order valence-electron chi connectivity index (χ0n) is 11.8. The maximum Gasteiger partial charge on any atom is 0.191 e. The molecule has 1 atom stereocenters. The van der Waals surface area contributed by atoms with Gasteiger partial charge in [-0.2, -0.15) is 11.8 Å². The minimum atomic E-state index is 0. The van der Waals surface area contributed by atoms with Crippen molar-refractivity contribution in [2.75, 3.05) is 19.3 Å². The van der Waals surface area contributed by atoms with E-state index in [-0.39, 0.29) is 24.0 Å². The van der Waals surface area contributed by atoms with E-state index in [4.69, 9.17) is 0 Å². The normalized spacial score (nSPS) is 12.5. The van der Waals surface area contributed by atoms with Crippen molar-refractivity contribution in [3.63, 3.8) is 0 Å². The van der Waals surface area contributed by atoms with E-state index in [1.807, 2.05) is 30.0 Å². The summed E-state index contributed by atoms with van der Waals surface area (Å²) >= 11 is 1.85. The molecule has 2 N–H and O–H groups in total. The topological polar surface area (TPSA) is 36.4 Å². The molecule has 0 aliphatic carbocycles. The number of aliphatic imine (C=N–C) groups is 1. The smallest absolute Gasteiger partial charge is 0.191 e. The number of benzene rings is 1. The Hall–Kier alpha value is -0.430. The number of hydrogen-bond acceptors (Lipinski definition) is 2. The third-order valence-electron chi connectivity index (χ3n) is 2.57. The van der Waals surface area contributed by atoms with Gasteiger partial charge in [0.2, 0.25) is 0 Å². The van der Waals surface area contributed by atoms with Crippen LogP contribution in [0.15, 0.2) is 35.3 Å². The molecule has 0 amide bonds. The minimum absolute atomic E-state index is 0. The molecule has 108 valence electrons. The summed E-state index contributed by atoms with van der Waals surface area (Å²) in [6.07, 6.45) is 2.13. The lowest BCUT2D eigenvalue weighted by atomic mass is 10.2. The summed E-state index contributed by atoms with van der Waals surface area (Å²) in [7, 11) is 0. The molecule has 0 radical (unpaired) electrons. The third-order valence-corrected chi connectivity index (χ3v) is 3.54. The molecular weight excluding hydrogens is 369 g/mol. The first-order chi connectivity index (χ1) is 8.76. The lowest BCUT2D eigenvalue weighted by Gasteiger charge is -2.14. The molecule has 1 aromatic rings. The van der Waals surface area contributed by atoms with E-state index in [2.05, 4.69) is 47.9 Å². The molecule has 0 aliphatic heterocycles. The second kappa shape index (κ2) is 11.4. The monoisotopic (exact) mass is 393 g/mol. The highest BCUT2D eigenvalue weighted by molar-refractivity contribution is 14.0. The molecule has 0 bridgehead atoms. The lowest BCUT2D eigenvalue weighted by molar-refractivity contribution is 0.795. The van der Waals surface area contributed by atoms with E-state index in [1.165, 1.54) is 5.56 Å².